The molecule has 3 aromatic rings. The van der Waals surface area contributed by atoms with Gasteiger partial charge in [-0.15, -0.1) is 5.10 Å². The summed E-state index contributed by atoms with van der Waals surface area (Å²) in [6, 6.07) is 9.93. The van der Waals surface area contributed by atoms with Gasteiger partial charge in [0, 0.05) is 36.8 Å². The summed E-state index contributed by atoms with van der Waals surface area (Å²) in [5, 5.41) is 9.38. The summed E-state index contributed by atoms with van der Waals surface area (Å²) < 4.78 is 7.81. The highest BCUT2D eigenvalue weighted by atomic mass is 35.5. The second-order valence-corrected chi connectivity index (χ2v) is 9.20. The lowest BCUT2D eigenvalue weighted by molar-refractivity contribution is 0.374. The molecular weight excluding hydrogens is 449 g/mol. The van der Waals surface area contributed by atoms with Gasteiger partial charge in [-0.2, -0.15) is 4.98 Å². The van der Waals surface area contributed by atoms with E-state index in [1.54, 1.807) is 6.07 Å². The van der Waals surface area contributed by atoms with Gasteiger partial charge in [0.05, 0.1) is 0 Å². The molecule has 0 unspecified atom stereocenters. The van der Waals surface area contributed by atoms with E-state index >= 15 is 0 Å². The Hall–Kier alpha value is -2.58. The molecule has 0 radical (unpaired) electrons. The highest BCUT2D eigenvalue weighted by Gasteiger charge is 2.43. The molecule has 2 aliphatic rings. The van der Waals surface area contributed by atoms with Crippen molar-refractivity contribution >= 4 is 35.0 Å². The predicted molar refractivity (Wildman–Crippen MR) is 125 cm³/mol. The summed E-state index contributed by atoms with van der Waals surface area (Å²) in [5.74, 6) is 3.11. The van der Waals surface area contributed by atoms with Gasteiger partial charge in [0.2, 0.25) is 5.95 Å². The first-order valence-electron chi connectivity index (χ1n) is 11.0. The number of benzene rings is 1. The molecule has 5 rings (SSSR count). The number of fused-ring (bicyclic) bond motifs is 2. The number of rotatable bonds is 7. The van der Waals surface area contributed by atoms with E-state index in [0.717, 1.165) is 31.9 Å². The standard InChI is InChI=1S/C22H25Cl2N7O/c1-2-8-31-22(32-17-5-3-4-16(23)9-17)28-21(29-31)27-20-14-6-7-15(20)12-30(11-14)19-10-18(24)25-13-26-19/h3-5,9-10,13-15,20H,2,6-8,11-12H2,1H3,(H,27,29)/t14-,15+,20+. The fourth-order valence-corrected chi connectivity index (χ4v) is 5.07. The summed E-state index contributed by atoms with van der Waals surface area (Å²) in [7, 11) is 0. The van der Waals surface area contributed by atoms with Gasteiger partial charge in [-0.05, 0) is 49.3 Å². The summed E-state index contributed by atoms with van der Waals surface area (Å²) >= 11 is 12.2. The Morgan fingerprint density at radius 2 is 1.94 bits per heavy atom. The zero-order valence-corrected chi connectivity index (χ0v) is 19.3. The van der Waals surface area contributed by atoms with E-state index in [9.17, 15) is 0 Å². The Morgan fingerprint density at radius 1 is 1.12 bits per heavy atom. The van der Waals surface area contributed by atoms with Crippen LogP contribution in [0.4, 0.5) is 11.8 Å². The van der Waals surface area contributed by atoms with Crippen molar-refractivity contribution in [2.24, 2.45) is 11.8 Å². The molecule has 3 heterocycles. The largest absolute Gasteiger partial charge is 0.424 e. The molecule has 1 saturated heterocycles. The van der Waals surface area contributed by atoms with Gasteiger partial charge in [0.25, 0.3) is 0 Å². The van der Waals surface area contributed by atoms with E-state index in [-0.39, 0.29) is 0 Å². The molecule has 2 aromatic heterocycles. The first kappa shape index (κ1) is 21.3. The molecule has 0 spiro atoms. The van der Waals surface area contributed by atoms with Crippen LogP contribution in [0.5, 0.6) is 11.8 Å². The number of ether oxygens (including phenoxy) is 1. The van der Waals surface area contributed by atoms with Crippen molar-refractivity contribution in [2.75, 3.05) is 23.3 Å². The SMILES string of the molecule is CCCn1nc(N[C@H]2[C@@H]3CC[C@H]2CN(c2cc(Cl)ncn2)C3)nc1Oc1cccc(Cl)c1. The predicted octanol–water partition coefficient (Wildman–Crippen LogP) is 4.90. The van der Waals surface area contributed by atoms with Gasteiger partial charge >= 0.3 is 6.01 Å². The molecule has 8 nitrogen and oxygen atoms in total. The van der Waals surface area contributed by atoms with Crippen molar-refractivity contribution < 1.29 is 4.74 Å². The number of halogens is 2. The van der Waals surface area contributed by atoms with Crippen LogP contribution in [-0.2, 0) is 6.54 Å². The fraction of sp³-hybridized carbons (Fsp3) is 0.455. The van der Waals surface area contributed by atoms with Crippen LogP contribution in [-0.4, -0.2) is 43.9 Å². The van der Waals surface area contributed by atoms with Gasteiger partial charge in [-0.3, -0.25) is 0 Å². The Morgan fingerprint density at radius 3 is 2.66 bits per heavy atom. The summed E-state index contributed by atoms with van der Waals surface area (Å²) in [6.07, 6.45) is 4.79. The van der Waals surface area contributed by atoms with Crippen molar-refractivity contribution in [3.63, 3.8) is 0 Å². The second-order valence-electron chi connectivity index (χ2n) is 8.37. The first-order chi connectivity index (χ1) is 15.6. The van der Waals surface area contributed by atoms with Crippen molar-refractivity contribution in [3.8, 4) is 11.8 Å². The van der Waals surface area contributed by atoms with E-state index < -0.39 is 0 Å². The van der Waals surface area contributed by atoms with Crippen LogP contribution in [0.25, 0.3) is 0 Å². The number of nitrogens with one attached hydrogen (secondary N) is 1. The van der Waals surface area contributed by atoms with Crippen LogP contribution in [0.2, 0.25) is 10.2 Å². The number of aromatic nitrogens is 5. The zero-order chi connectivity index (χ0) is 22.1. The third-order valence-electron chi connectivity index (χ3n) is 6.15. The number of aryl methyl sites for hydroxylation is 1. The maximum absolute atomic E-state index is 6.10. The summed E-state index contributed by atoms with van der Waals surface area (Å²) in [5.41, 5.74) is 0. The first-order valence-corrected chi connectivity index (χ1v) is 11.7. The van der Waals surface area contributed by atoms with Gasteiger partial charge in [0.15, 0.2) is 0 Å². The van der Waals surface area contributed by atoms with E-state index in [0.29, 0.717) is 45.8 Å². The van der Waals surface area contributed by atoms with Crippen molar-refractivity contribution in [3.05, 3.63) is 46.8 Å². The monoisotopic (exact) mass is 473 g/mol. The van der Waals surface area contributed by atoms with E-state index in [2.05, 4.69) is 37.2 Å². The van der Waals surface area contributed by atoms with Crippen LogP contribution in [0.3, 0.4) is 0 Å². The van der Waals surface area contributed by atoms with E-state index in [1.807, 2.05) is 28.9 Å². The van der Waals surface area contributed by atoms with Crippen LogP contribution >= 0.6 is 23.2 Å². The minimum absolute atomic E-state index is 0.319. The molecule has 3 atom stereocenters. The summed E-state index contributed by atoms with van der Waals surface area (Å²) in [4.78, 5) is 15.4. The summed E-state index contributed by atoms with van der Waals surface area (Å²) in [6.45, 7) is 4.67. The zero-order valence-electron chi connectivity index (χ0n) is 17.8. The Kier molecular flexibility index (Phi) is 6.06. The number of hydrogen-bond donors (Lipinski definition) is 1. The Labute approximate surface area is 196 Å². The number of piperidine rings is 1. The molecule has 1 N–H and O–H groups in total. The van der Waals surface area contributed by atoms with Gasteiger partial charge in [0.1, 0.15) is 23.0 Å². The quantitative estimate of drug-likeness (QED) is 0.488. The van der Waals surface area contributed by atoms with E-state index in [4.69, 9.17) is 27.9 Å². The minimum atomic E-state index is 0.319. The molecule has 1 aliphatic carbocycles. The highest BCUT2D eigenvalue weighted by Crippen LogP contribution is 2.40. The topological polar surface area (TPSA) is 81.0 Å². The van der Waals surface area contributed by atoms with Crippen LogP contribution < -0.4 is 15.0 Å². The lowest BCUT2D eigenvalue weighted by atomic mass is 9.92. The lowest BCUT2D eigenvalue weighted by Gasteiger charge is -2.38. The molecule has 1 aromatic carbocycles. The average molecular weight is 474 g/mol. The van der Waals surface area contributed by atoms with Crippen LogP contribution in [0.1, 0.15) is 26.2 Å². The van der Waals surface area contributed by atoms with Gasteiger partial charge < -0.3 is 15.0 Å². The van der Waals surface area contributed by atoms with Gasteiger partial charge in [-0.25, -0.2) is 14.6 Å². The van der Waals surface area contributed by atoms with Crippen LogP contribution in [0, 0.1) is 11.8 Å². The van der Waals surface area contributed by atoms with Gasteiger partial charge in [-0.1, -0.05) is 36.2 Å². The minimum Gasteiger partial charge on any atom is -0.424 e. The second kappa shape index (κ2) is 9.11. The molecular formula is C22H25Cl2N7O. The van der Waals surface area contributed by atoms with Crippen molar-refractivity contribution in [1.82, 2.24) is 24.7 Å². The number of hydrogen-bond acceptors (Lipinski definition) is 7. The maximum Gasteiger partial charge on any atom is 0.322 e. The fourth-order valence-electron chi connectivity index (χ4n) is 4.75. The number of anilines is 2. The number of nitrogens with zero attached hydrogens (tertiary/aromatic N) is 6. The Balaban J connectivity index is 1.31. The highest BCUT2D eigenvalue weighted by molar-refractivity contribution is 6.30. The molecule has 2 fully saturated rings. The molecule has 0 amide bonds. The van der Waals surface area contributed by atoms with Crippen molar-refractivity contribution in [2.45, 2.75) is 38.8 Å². The normalized spacial score (nSPS) is 22.2. The third kappa shape index (κ3) is 4.47. The third-order valence-corrected chi connectivity index (χ3v) is 6.59. The average Bonchev–Trinajstić information content (AvgIpc) is 3.23. The molecule has 1 aliphatic heterocycles. The molecule has 1 saturated carbocycles. The molecule has 2 bridgehead atoms. The molecule has 168 valence electrons. The smallest absolute Gasteiger partial charge is 0.322 e. The van der Waals surface area contributed by atoms with E-state index in [1.165, 1.54) is 19.2 Å². The lowest BCUT2D eigenvalue weighted by Crippen LogP contribution is -2.48. The maximum atomic E-state index is 6.10. The van der Waals surface area contributed by atoms with Crippen LogP contribution in [0.15, 0.2) is 36.7 Å². The molecule has 32 heavy (non-hydrogen) atoms. The Bertz CT molecular complexity index is 1080. The molecule has 10 heteroatoms. The van der Waals surface area contributed by atoms with Crippen molar-refractivity contribution in [1.29, 1.82) is 0 Å².